The second kappa shape index (κ2) is 5.39. The van der Waals surface area contributed by atoms with Gasteiger partial charge in [-0.2, -0.15) is 0 Å². The number of hydrogen-bond acceptors (Lipinski definition) is 3. The molecule has 0 fully saturated rings. The topological polar surface area (TPSA) is 38.7 Å². The summed E-state index contributed by atoms with van der Waals surface area (Å²) in [6.07, 6.45) is 0. The van der Waals surface area contributed by atoms with Gasteiger partial charge in [-0.3, -0.25) is 0 Å². The molecule has 78 valence electrons. The van der Waals surface area contributed by atoms with E-state index in [0.717, 1.165) is 0 Å². The normalized spacial score (nSPS) is 9.93. The van der Waals surface area contributed by atoms with Crippen LogP contribution in [0.3, 0.4) is 0 Å². The van der Waals surface area contributed by atoms with Crippen LogP contribution in [0.1, 0.15) is 5.56 Å². The molecule has 1 aromatic carbocycles. The Morgan fingerprint density at radius 3 is 2.43 bits per heavy atom. The van der Waals surface area contributed by atoms with E-state index in [4.69, 9.17) is 5.11 Å². The molecule has 0 heterocycles. The van der Waals surface area contributed by atoms with Crippen LogP contribution in [0.25, 0.3) is 0 Å². The molecule has 0 saturated carbocycles. The first-order valence-corrected chi connectivity index (χ1v) is 3.93. The fraction of sp³-hybridized carbons (Fsp3) is 0.333. The molecule has 0 aliphatic carbocycles. The summed E-state index contributed by atoms with van der Waals surface area (Å²) < 4.78 is 33.0. The number of alkyl halides is 2. The first kappa shape index (κ1) is 10.7. The van der Waals surface area contributed by atoms with Gasteiger partial charge in [-0.1, -0.05) is 12.1 Å². The van der Waals surface area contributed by atoms with Crippen molar-refractivity contribution >= 4 is 0 Å². The summed E-state index contributed by atoms with van der Waals surface area (Å²) >= 11 is 0. The standard InChI is InChI=1S/C9H10F2O3/c10-5-13-8-3-1-2-7(4-12)9(8)14-6-11/h1-3,12H,4-6H2. The Kier molecular flexibility index (Phi) is 4.12. The minimum absolute atomic E-state index is 0.0372. The lowest BCUT2D eigenvalue weighted by atomic mass is 10.2. The Morgan fingerprint density at radius 1 is 1.14 bits per heavy atom. The maximum atomic E-state index is 12.0. The molecule has 0 aliphatic rings. The second-order valence-corrected chi connectivity index (χ2v) is 2.41. The van der Waals surface area contributed by atoms with Crippen LogP contribution in [0.4, 0.5) is 8.78 Å². The maximum Gasteiger partial charge on any atom is 0.228 e. The van der Waals surface area contributed by atoms with Crippen molar-refractivity contribution in [3.63, 3.8) is 0 Å². The summed E-state index contributed by atoms with van der Waals surface area (Å²) in [6.45, 7) is -2.41. The molecule has 0 atom stereocenters. The molecule has 3 nitrogen and oxygen atoms in total. The van der Waals surface area contributed by atoms with Crippen molar-refractivity contribution in [3.8, 4) is 11.5 Å². The number of rotatable bonds is 5. The van der Waals surface area contributed by atoms with Crippen molar-refractivity contribution < 1.29 is 23.4 Å². The van der Waals surface area contributed by atoms with Gasteiger partial charge in [0.15, 0.2) is 11.5 Å². The molecule has 5 heteroatoms. The average molecular weight is 204 g/mol. The second-order valence-electron chi connectivity index (χ2n) is 2.41. The van der Waals surface area contributed by atoms with Crippen LogP contribution in [0.5, 0.6) is 11.5 Å². The molecule has 0 aliphatic heterocycles. The van der Waals surface area contributed by atoms with E-state index in [1.807, 2.05) is 0 Å². The summed E-state index contributed by atoms with van der Waals surface area (Å²) in [5.74, 6) is 0.117. The third kappa shape index (κ3) is 2.32. The summed E-state index contributed by atoms with van der Waals surface area (Å²) in [6, 6.07) is 4.53. The lowest BCUT2D eigenvalue weighted by Gasteiger charge is -2.11. The van der Waals surface area contributed by atoms with Gasteiger partial charge in [0.05, 0.1) is 6.61 Å². The van der Waals surface area contributed by atoms with Crippen molar-refractivity contribution in [1.29, 1.82) is 0 Å². The van der Waals surface area contributed by atoms with E-state index in [-0.39, 0.29) is 18.1 Å². The molecule has 14 heavy (non-hydrogen) atoms. The monoisotopic (exact) mass is 204 g/mol. The Balaban J connectivity index is 3.00. The van der Waals surface area contributed by atoms with Crippen LogP contribution in [0, 0.1) is 0 Å². The highest BCUT2D eigenvalue weighted by atomic mass is 19.1. The van der Waals surface area contributed by atoms with Crippen LogP contribution in [-0.2, 0) is 6.61 Å². The molecular weight excluding hydrogens is 194 g/mol. The predicted octanol–water partition coefficient (Wildman–Crippen LogP) is 1.79. The first-order chi connectivity index (χ1) is 6.83. The van der Waals surface area contributed by atoms with Crippen molar-refractivity contribution in [2.24, 2.45) is 0 Å². The Labute approximate surface area is 79.9 Å². The SMILES string of the molecule is OCc1cccc(OCF)c1OCF. The van der Waals surface area contributed by atoms with Gasteiger partial charge in [0.2, 0.25) is 13.7 Å². The lowest BCUT2D eigenvalue weighted by molar-refractivity contribution is 0.153. The molecule has 0 bridgehead atoms. The molecular formula is C9H10F2O3. The smallest absolute Gasteiger partial charge is 0.228 e. The van der Waals surface area contributed by atoms with Crippen molar-refractivity contribution in [3.05, 3.63) is 23.8 Å². The minimum atomic E-state index is -1.06. The Hall–Kier alpha value is -1.36. The van der Waals surface area contributed by atoms with Crippen LogP contribution >= 0.6 is 0 Å². The number of hydrogen-bond donors (Lipinski definition) is 1. The highest BCUT2D eigenvalue weighted by molar-refractivity contribution is 5.46. The number of aliphatic hydroxyl groups excluding tert-OH is 1. The molecule has 0 radical (unpaired) electrons. The Bertz CT molecular complexity index is 291. The van der Waals surface area contributed by atoms with E-state index >= 15 is 0 Å². The zero-order valence-corrected chi connectivity index (χ0v) is 7.37. The molecule has 1 aromatic rings. The van der Waals surface area contributed by atoms with E-state index in [0.29, 0.717) is 5.56 Å². The average Bonchev–Trinajstić information content (AvgIpc) is 2.21. The van der Waals surface area contributed by atoms with Gasteiger partial charge in [0.1, 0.15) is 0 Å². The third-order valence-corrected chi connectivity index (χ3v) is 1.64. The highest BCUT2D eigenvalue weighted by Gasteiger charge is 2.10. The van der Waals surface area contributed by atoms with Crippen LogP contribution in [-0.4, -0.2) is 18.8 Å². The van der Waals surface area contributed by atoms with Gasteiger partial charge < -0.3 is 14.6 Å². The van der Waals surface area contributed by atoms with Crippen LogP contribution in [0.15, 0.2) is 18.2 Å². The van der Waals surface area contributed by atoms with E-state index < -0.39 is 13.7 Å². The summed E-state index contributed by atoms with van der Waals surface area (Å²) in [5, 5.41) is 8.89. The third-order valence-electron chi connectivity index (χ3n) is 1.64. The van der Waals surface area contributed by atoms with Crippen molar-refractivity contribution in [1.82, 2.24) is 0 Å². The number of aliphatic hydroxyl groups is 1. The van der Waals surface area contributed by atoms with Gasteiger partial charge in [-0.05, 0) is 6.07 Å². The van der Waals surface area contributed by atoms with E-state index in [2.05, 4.69) is 9.47 Å². The van der Waals surface area contributed by atoms with Gasteiger partial charge >= 0.3 is 0 Å². The van der Waals surface area contributed by atoms with Crippen LogP contribution in [0.2, 0.25) is 0 Å². The molecule has 0 aromatic heterocycles. The summed E-state index contributed by atoms with van der Waals surface area (Å²) in [4.78, 5) is 0. The Morgan fingerprint density at radius 2 is 1.86 bits per heavy atom. The highest BCUT2D eigenvalue weighted by Crippen LogP contribution is 2.31. The van der Waals surface area contributed by atoms with E-state index in [1.54, 1.807) is 6.07 Å². The van der Waals surface area contributed by atoms with Crippen molar-refractivity contribution in [2.45, 2.75) is 6.61 Å². The van der Waals surface area contributed by atoms with Gasteiger partial charge in [0, 0.05) is 5.56 Å². The molecule has 0 spiro atoms. The van der Waals surface area contributed by atoms with E-state index in [9.17, 15) is 8.78 Å². The van der Waals surface area contributed by atoms with E-state index in [1.165, 1.54) is 12.1 Å². The van der Waals surface area contributed by atoms with Gasteiger partial charge in [0.25, 0.3) is 0 Å². The fourth-order valence-electron chi connectivity index (χ4n) is 1.08. The molecule has 0 unspecified atom stereocenters. The first-order valence-electron chi connectivity index (χ1n) is 3.93. The molecule has 1 N–H and O–H groups in total. The number of halogens is 2. The quantitative estimate of drug-likeness (QED) is 0.794. The number of para-hydroxylation sites is 1. The van der Waals surface area contributed by atoms with Gasteiger partial charge in [-0.15, -0.1) is 0 Å². The van der Waals surface area contributed by atoms with Crippen LogP contribution < -0.4 is 9.47 Å². The van der Waals surface area contributed by atoms with Gasteiger partial charge in [-0.25, -0.2) is 8.78 Å². The fourth-order valence-corrected chi connectivity index (χ4v) is 1.08. The molecule has 0 amide bonds. The summed E-state index contributed by atoms with van der Waals surface area (Å²) in [7, 11) is 0. The molecule has 0 saturated heterocycles. The minimum Gasteiger partial charge on any atom is -0.459 e. The number of benzene rings is 1. The molecule has 1 rings (SSSR count). The van der Waals surface area contributed by atoms with Crippen molar-refractivity contribution in [2.75, 3.05) is 13.7 Å². The zero-order valence-electron chi connectivity index (χ0n) is 7.37. The largest absolute Gasteiger partial charge is 0.459 e. The summed E-state index contributed by atoms with van der Waals surface area (Å²) in [5.41, 5.74) is 0.355. The zero-order chi connectivity index (χ0) is 10.4. The maximum absolute atomic E-state index is 12.0. The lowest BCUT2D eigenvalue weighted by Crippen LogP contribution is -2.00. The predicted molar refractivity (Wildman–Crippen MR) is 45.6 cm³/mol. The number of ether oxygens (including phenoxy) is 2.